The van der Waals surface area contributed by atoms with E-state index in [2.05, 4.69) is 20.9 Å². The van der Waals surface area contributed by atoms with E-state index in [1.54, 1.807) is 31.6 Å². The molecule has 1 heterocycles. The molecule has 8 heteroatoms. The third-order valence-corrected chi connectivity index (χ3v) is 5.25. The highest BCUT2D eigenvalue weighted by molar-refractivity contribution is 5.93. The van der Waals surface area contributed by atoms with Crippen molar-refractivity contribution in [3.05, 3.63) is 53.9 Å². The van der Waals surface area contributed by atoms with Gasteiger partial charge in [0, 0.05) is 37.6 Å². The molecule has 0 spiro atoms. The number of benzene rings is 1. The van der Waals surface area contributed by atoms with E-state index in [1.807, 2.05) is 25.1 Å². The molecule has 1 amide bonds. The van der Waals surface area contributed by atoms with Gasteiger partial charge in [0.05, 0.1) is 25.3 Å². The van der Waals surface area contributed by atoms with Crippen molar-refractivity contribution in [2.24, 2.45) is 4.99 Å². The molecule has 0 saturated heterocycles. The lowest BCUT2D eigenvalue weighted by molar-refractivity contribution is 0.0954. The van der Waals surface area contributed by atoms with Crippen LogP contribution in [0.4, 0.5) is 0 Å². The van der Waals surface area contributed by atoms with Crippen molar-refractivity contribution in [1.29, 1.82) is 0 Å². The molecule has 1 aromatic heterocycles. The minimum atomic E-state index is -0.146. The number of hydrogen-bond donors (Lipinski definition) is 3. The maximum atomic E-state index is 12.1. The van der Waals surface area contributed by atoms with Crippen LogP contribution >= 0.6 is 0 Å². The average molecular weight is 440 g/mol. The fraction of sp³-hybridized carbons (Fsp3) is 0.458. The summed E-state index contributed by atoms with van der Waals surface area (Å²) in [4.78, 5) is 20.8. The summed E-state index contributed by atoms with van der Waals surface area (Å²) >= 11 is 0. The summed E-state index contributed by atoms with van der Waals surface area (Å²) in [6, 6.07) is 9.38. The Labute approximate surface area is 189 Å². The molecule has 3 rings (SSSR count). The van der Waals surface area contributed by atoms with Gasteiger partial charge in [0.1, 0.15) is 0 Å². The van der Waals surface area contributed by atoms with Crippen LogP contribution in [0.2, 0.25) is 0 Å². The highest BCUT2D eigenvalue weighted by Crippen LogP contribution is 2.35. The van der Waals surface area contributed by atoms with Crippen molar-refractivity contribution in [1.82, 2.24) is 20.9 Å². The molecule has 2 aromatic rings. The van der Waals surface area contributed by atoms with E-state index in [-0.39, 0.29) is 12.0 Å². The second-order valence-corrected chi connectivity index (χ2v) is 7.59. The Morgan fingerprint density at radius 2 is 1.94 bits per heavy atom. The van der Waals surface area contributed by atoms with E-state index < -0.39 is 0 Å². The smallest absolute Gasteiger partial charge is 0.252 e. The van der Waals surface area contributed by atoms with E-state index in [1.165, 1.54) is 12.8 Å². The average Bonchev–Trinajstić information content (AvgIpc) is 3.34. The number of methoxy groups -OCH3 is 1. The lowest BCUT2D eigenvalue weighted by Crippen LogP contribution is -2.41. The monoisotopic (exact) mass is 439 g/mol. The first kappa shape index (κ1) is 23.4. The Balaban J connectivity index is 1.57. The van der Waals surface area contributed by atoms with Crippen molar-refractivity contribution >= 4 is 11.9 Å². The summed E-state index contributed by atoms with van der Waals surface area (Å²) in [6.45, 7) is 4.21. The van der Waals surface area contributed by atoms with Crippen molar-refractivity contribution < 1.29 is 14.3 Å². The number of guanidine groups is 1. The summed E-state index contributed by atoms with van der Waals surface area (Å²) in [5.74, 6) is 2.05. The zero-order valence-corrected chi connectivity index (χ0v) is 18.9. The van der Waals surface area contributed by atoms with Crippen LogP contribution < -0.4 is 25.4 Å². The van der Waals surface area contributed by atoms with E-state index >= 15 is 0 Å². The topological polar surface area (TPSA) is 96.9 Å². The van der Waals surface area contributed by atoms with Gasteiger partial charge in [-0.05, 0) is 50.8 Å². The lowest BCUT2D eigenvalue weighted by atomic mass is 10.1. The Morgan fingerprint density at radius 1 is 1.12 bits per heavy atom. The van der Waals surface area contributed by atoms with Gasteiger partial charge in [-0.1, -0.05) is 12.1 Å². The first-order chi connectivity index (χ1) is 15.7. The molecule has 0 aliphatic heterocycles. The molecule has 0 atom stereocenters. The van der Waals surface area contributed by atoms with Gasteiger partial charge in [0.2, 0.25) is 0 Å². The number of carbonyl (C=O) groups excluding carboxylic acids is 1. The second-order valence-electron chi connectivity index (χ2n) is 7.59. The van der Waals surface area contributed by atoms with Crippen LogP contribution in [0.15, 0.2) is 47.7 Å². The van der Waals surface area contributed by atoms with E-state index in [9.17, 15) is 4.79 Å². The molecule has 32 heavy (non-hydrogen) atoms. The van der Waals surface area contributed by atoms with Crippen LogP contribution in [0, 0.1) is 0 Å². The Bertz CT molecular complexity index is 882. The third kappa shape index (κ3) is 6.87. The molecule has 1 aliphatic carbocycles. The van der Waals surface area contributed by atoms with Gasteiger partial charge in [-0.3, -0.25) is 9.78 Å². The molecular weight excluding hydrogens is 406 g/mol. The number of aromatic nitrogens is 1. The molecule has 1 aromatic carbocycles. The number of para-hydroxylation sites is 1. The Hall–Kier alpha value is -3.29. The zero-order chi connectivity index (χ0) is 22.6. The minimum Gasteiger partial charge on any atom is -0.493 e. The zero-order valence-electron chi connectivity index (χ0n) is 18.9. The molecular formula is C24H33N5O3. The Kier molecular flexibility index (Phi) is 9.16. The summed E-state index contributed by atoms with van der Waals surface area (Å²) < 4.78 is 11.8. The molecule has 0 radical (unpaired) electrons. The van der Waals surface area contributed by atoms with Gasteiger partial charge in [0.25, 0.3) is 5.91 Å². The summed E-state index contributed by atoms with van der Waals surface area (Å²) in [5.41, 5.74) is 1.53. The van der Waals surface area contributed by atoms with Crippen molar-refractivity contribution in [2.45, 2.75) is 45.3 Å². The molecule has 0 bridgehead atoms. The number of rotatable bonds is 10. The van der Waals surface area contributed by atoms with Gasteiger partial charge in [-0.25, -0.2) is 4.99 Å². The van der Waals surface area contributed by atoms with Crippen LogP contribution in [0.5, 0.6) is 11.5 Å². The van der Waals surface area contributed by atoms with Gasteiger partial charge >= 0.3 is 0 Å². The second kappa shape index (κ2) is 12.5. The van der Waals surface area contributed by atoms with Gasteiger partial charge < -0.3 is 25.4 Å². The first-order valence-electron chi connectivity index (χ1n) is 11.2. The lowest BCUT2D eigenvalue weighted by Gasteiger charge is -2.19. The van der Waals surface area contributed by atoms with Crippen LogP contribution in [0.3, 0.4) is 0 Å². The Morgan fingerprint density at radius 3 is 2.66 bits per heavy atom. The van der Waals surface area contributed by atoms with Gasteiger partial charge in [-0.15, -0.1) is 0 Å². The number of nitrogens with one attached hydrogen (secondary N) is 3. The van der Waals surface area contributed by atoms with Gasteiger partial charge in [-0.2, -0.15) is 0 Å². The number of amides is 1. The summed E-state index contributed by atoms with van der Waals surface area (Å²) in [7, 11) is 1.66. The minimum absolute atomic E-state index is 0.146. The van der Waals surface area contributed by atoms with E-state index in [0.29, 0.717) is 31.2 Å². The number of hydrogen-bond acceptors (Lipinski definition) is 5. The maximum Gasteiger partial charge on any atom is 0.252 e. The highest BCUT2D eigenvalue weighted by Gasteiger charge is 2.20. The fourth-order valence-corrected chi connectivity index (χ4v) is 3.62. The normalized spacial score (nSPS) is 14.1. The first-order valence-corrected chi connectivity index (χ1v) is 11.2. The molecule has 0 unspecified atom stereocenters. The molecule has 172 valence electrons. The molecule has 1 saturated carbocycles. The van der Waals surface area contributed by atoms with Gasteiger partial charge in [0.15, 0.2) is 17.5 Å². The SMILES string of the molecule is CCNC(=NCc1cccc(OC)c1OC1CCCC1)NCCNC(=O)c1cccnc1. The summed E-state index contributed by atoms with van der Waals surface area (Å²) in [5, 5.41) is 9.37. The number of pyridine rings is 1. The van der Waals surface area contributed by atoms with Crippen LogP contribution in [0.1, 0.15) is 48.5 Å². The number of nitrogens with zero attached hydrogens (tertiary/aromatic N) is 2. The maximum absolute atomic E-state index is 12.1. The van der Waals surface area contributed by atoms with E-state index in [4.69, 9.17) is 14.5 Å². The largest absolute Gasteiger partial charge is 0.493 e. The predicted octanol–water partition coefficient (Wildman–Crippen LogP) is 2.90. The van der Waals surface area contributed by atoms with E-state index in [0.717, 1.165) is 36.4 Å². The predicted molar refractivity (Wildman–Crippen MR) is 125 cm³/mol. The molecule has 1 aliphatic rings. The van der Waals surface area contributed by atoms with Crippen molar-refractivity contribution in [2.75, 3.05) is 26.7 Å². The van der Waals surface area contributed by atoms with Crippen molar-refractivity contribution in [3.8, 4) is 11.5 Å². The number of ether oxygens (including phenoxy) is 2. The van der Waals surface area contributed by atoms with Crippen LogP contribution in [-0.2, 0) is 6.54 Å². The molecule has 3 N–H and O–H groups in total. The summed E-state index contributed by atoms with van der Waals surface area (Å²) in [6.07, 6.45) is 8.00. The molecule has 1 fully saturated rings. The fourth-order valence-electron chi connectivity index (χ4n) is 3.62. The van der Waals surface area contributed by atoms with Crippen molar-refractivity contribution in [3.63, 3.8) is 0 Å². The highest BCUT2D eigenvalue weighted by atomic mass is 16.5. The number of aliphatic imine (C=N–C) groups is 1. The van der Waals surface area contributed by atoms with Crippen LogP contribution in [-0.4, -0.2) is 49.7 Å². The molecule has 8 nitrogen and oxygen atoms in total. The third-order valence-electron chi connectivity index (χ3n) is 5.25. The number of carbonyl (C=O) groups is 1. The quantitative estimate of drug-likeness (QED) is 0.299. The van der Waals surface area contributed by atoms with Crippen LogP contribution in [0.25, 0.3) is 0 Å². The standard InChI is InChI=1S/C24H33N5O3/c1-3-26-24(28-15-14-27-23(30)19-9-7-13-25-16-19)29-17-18-8-6-12-21(31-2)22(18)32-20-10-4-5-11-20/h6-9,12-13,16,20H,3-5,10-11,14-15,17H2,1-2H3,(H,27,30)(H2,26,28,29).